The first-order valence-electron chi connectivity index (χ1n) is 10.2. The Labute approximate surface area is 179 Å². The second-order valence-corrected chi connectivity index (χ2v) is 7.97. The molecule has 3 aromatic rings. The third-order valence-electron chi connectivity index (χ3n) is 5.28. The summed E-state index contributed by atoms with van der Waals surface area (Å²) in [6.45, 7) is 3.55. The van der Waals surface area contributed by atoms with Crippen LogP contribution in [0.3, 0.4) is 0 Å². The van der Waals surface area contributed by atoms with Gasteiger partial charge in [0.2, 0.25) is 5.82 Å². The van der Waals surface area contributed by atoms with Gasteiger partial charge in [-0.15, -0.1) is 0 Å². The molecular weight excluding hydrogens is 403 g/mol. The lowest BCUT2D eigenvalue weighted by Gasteiger charge is -2.25. The van der Waals surface area contributed by atoms with Crippen LogP contribution in [0.15, 0.2) is 48.9 Å². The summed E-state index contributed by atoms with van der Waals surface area (Å²) in [7, 11) is 0. The fourth-order valence-electron chi connectivity index (χ4n) is 3.34. The summed E-state index contributed by atoms with van der Waals surface area (Å²) in [5.41, 5.74) is 2.60. The van der Waals surface area contributed by atoms with E-state index < -0.39 is 11.7 Å². The van der Waals surface area contributed by atoms with Gasteiger partial charge < -0.3 is 10.2 Å². The van der Waals surface area contributed by atoms with Crippen molar-refractivity contribution < 1.29 is 13.2 Å². The van der Waals surface area contributed by atoms with Gasteiger partial charge in [-0.3, -0.25) is 4.98 Å². The van der Waals surface area contributed by atoms with E-state index in [1.165, 1.54) is 18.5 Å². The molecule has 0 radical (unpaired) electrons. The topological polar surface area (TPSA) is 53.9 Å². The zero-order valence-corrected chi connectivity index (χ0v) is 17.4. The van der Waals surface area contributed by atoms with Crippen LogP contribution in [-0.4, -0.2) is 21.0 Å². The first-order valence-corrected chi connectivity index (χ1v) is 10.2. The number of alkyl halides is 2. The number of rotatable bonds is 8. The fraction of sp³-hybridized carbons (Fsp3) is 0.348. The van der Waals surface area contributed by atoms with Gasteiger partial charge >= 0.3 is 0 Å². The molecule has 1 saturated carbocycles. The maximum absolute atomic E-state index is 15.3. The van der Waals surface area contributed by atoms with E-state index in [4.69, 9.17) is 0 Å². The molecule has 0 atom stereocenters. The fourth-order valence-corrected chi connectivity index (χ4v) is 3.34. The van der Waals surface area contributed by atoms with E-state index in [0.29, 0.717) is 13.1 Å². The number of aromatic nitrogens is 3. The molecular formula is C23H24F3N5. The van der Waals surface area contributed by atoms with Crippen LogP contribution in [0.4, 0.5) is 24.8 Å². The average molecular weight is 427 g/mol. The minimum atomic E-state index is -2.89. The highest BCUT2D eigenvalue weighted by Crippen LogP contribution is 2.35. The summed E-state index contributed by atoms with van der Waals surface area (Å²) in [5.74, 6) is -3.07. The van der Waals surface area contributed by atoms with Crippen molar-refractivity contribution >= 4 is 11.6 Å². The summed E-state index contributed by atoms with van der Waals surface area (Å²) in [6.07, 6.45) is 4.95. The van der Waals surface area contributed by atoms with Crippen molar-refractivity contribution in [1.29, 1.82) is 0 Å². The van der Waals surface area contributed by atoms with Crippen molar-refractivity contribution in [3.05, 3.63) is 77.1 Å². The zero-order chi connectivity index (χ0) is 22.0. The van der Waals surface area contributed by atoms with Gasteiger partial charge in [0, 0.05) is 43.5 Å². The third-order valence-corrected chi connectivity index (χ3v) is 5.28. The molecule has 0 bridgehead atoms. The Morgan fingerprint density at radius 2 is 1.74 bits per heavy atom. The number of nitrogens with one attached hydrogen (secondary N) is 1. The predicted octanol–water partition coefficient (Wildman–Crippen LogP) is 5.21. The molecule has 1 aliphatic rings. The van der Waals surface area contributed by atoms with Crippen molar-refractivity contribution in [2.45, 2.75) is 51.7 Å². The summed E-state index contributed by atoms with van der Waals surface area (Å²) in [5, 5.41) is 3.02. The molecule has 1 aliphatic carbocycles. The van der Waals surface area contributed by atoms with Crippen molar-refractivity contribution in [2.75, 3.05) is 10.2 Å². The SMILES string of the molecule is Cc1ccc(CNc2ncnc(N(Cc3ccc(C(C)(F)F)cc3)C3CC3)c2F)cn1. The van der Waals surface area contributed by atoms with Gasteiger partial charge in [-0.1, -0.05) is 30.3 Å². The van der Waals surface area contributed by atoms with Crippen LogP contribution in [0.2, 0.25) is 0 Å². The summed E-state index contributed by atoms with van der Waals surface area (Å²) in [6, 6.07) is 10.1. The number of hydrogen-bond acceptors (Lipinski definition) is 5. The minimum absolute atomic E-state index is 0.0421. The molecule has 31 heavy (non-hydrogen) atoms. The van der Waals surface area contributed by atoms with E-state index in [-0.39, 0.29) is 23.2 Å². The van der Waals surface area contributed by atoms with Crippen LogP contribution in [0.25, 0.3) is 0 Å². The van der Waals surface area contributed by atoms with Crippen LogP contribution in [-0.2, 0) is 19.0 Å². The molecule has 4 rings (SSSR count). The monoisotopic (exact) mass is 427 g/mol. The molecule has 0 spiro atoms. The summed E-state index contributed by atoms with van der Waals surface area (Å²) in [4.78, 5) is 14.4. The van der Waals surface area contributed by atoms with E-state index in [0.717, 1.165) is 36.6 Å². The lowest BCUT2D eigenvalue weighted by atomic mass is 10.1. The van der Waals surface area contributed by atoms with Gasteiger partial charge in [-0.2, -0.15) is 4.39 Å². The Kier molecular flexibility index (Phi) is 5.80. The molecule has 2 heterocycles. The molecule has 1 N–H and O–H groups in total. The second kappa shape index (κ2) is 8.53. The standard InChI is InChI=1S/C23H24F3N5/c1-15-3-4-17(11-27-15)12-28-21-20(24)22(30-14-29-21)31(19-9-10-19)13-16-5-7-18(8-6-16)23(2,25)26/h3-8,11,14,19H,9-10,12-13H2,1-2H3,(H,28,29,30). The Hall–Kier alpha value is -3.16. The van der Waals surface area contributed by atoms with Gasteiger partial charge in [-0.05, 0) is 37.0 Å². The molecule has 162 valence electrons. The van der Waals surface area contributed by atoms with Crippen molar-refractivity contribution in [1.82, 2.24) is 15.0 Å². The third kappa shape index (κ3) is 5.13. The summed E-state index contributed by atoms with van der Waals surface area (Å²) >= 11 is 0. The van der Waals surface area contributed by atoms with Gasteiger partial charge in [0.15, 0.2) is 11.6 Å². The van der Waals surface area contributed by atoms with Crippen molar-refractivity contribution in [2.24, 2.45) is 0 Å². The number of benzene rings is 1. The van der Waals surface area contributed by atoms with E-state index in [1.54, 1.807) is 18.3 Å². The quantitative estimate of drug-likeness (QED) is 0.535. The molecule has 5 nitrogen and oxygen atoms in total. The van der Waals surface area contributed by atoms with E-state index in [9.17, 15) is 8.78 Å². The largest absolute Gasteiger partial charge is 0.363 e. The molecule has 1 aromatic carbocycles. The van der Waals surface area contributed by atoms with E-state index in [2.05, 4.69) is 20.3 Å². The molecule has 1 fully saturated rings. The van der Waals surface area contributed by atoms with Gasteiger partial charge in [0.25, 0.3) is 5.92 Å². The second-order valence-electron chi connectivity index (χ2n) is 7.97. The molecule has 2 aromatic heterocycles. The molecule has 0 unspecified atom stereocenters. The Morgan fingerprint density at radius 3 is 2.35 bits per heavy atom. The number of hydrogen-bond donors (Lipinski definition) is 1. The average Bonchev–Trinajstić information content (AvgIpc) is 3.58. The first-order chi connectivity index (χ1) is 14.8. The number of pyridine rings is 1. The van der Waals surface area contributed by atoms with Gasteiger partial charge in [0.1, 0.15) is 6.33 Å². The van der Waals surface area contributed by atoms with Crippen LogP contribution in [0.5, 0.6) is 0 Å². The predicted molar refractivity (Wildman–Crippen MR) is 114 cm³/mol. The molecule has 0 amide bonds. The van der Waals surface area contributed by atoms with Gasteiger partial charge in [-0.25, -0.2) is 18.7 Å². The number of aryl methyl sites for hydroxylation is 1. The summed E-state index contributed by atoms with van der Waals surface area (Å²) < 4.78 is 42.2. The Morgan fingerprint density at radius 1 is 1.03 bits per heavy atom. The Balaban J connectivity index is 1.52. The lowest BCUT2D eigenvalue weighted by Crippen LogP contribution is -2.27. The van der Waals surface area contributed by atoms with Crippen LogP contribution in [0.1, 0.15) is 42.1 Å². The number of halogens is 3. The highest BCUT2D eigenvalue weighted by Gasteiger charge is 2.33. The molecule has 0 saturated heterocycles. The van der Waals surface area contributed by atoms with E-state index in [1.807, 2.05) is 24.0 Å². The van der Waals surface area contributed by atoms with Crippen LogP contribution < -0.4 is 10.2 Å². The minimum Gasteiger partial charge on any atom is -0.363 e. The smallest absolute Gasteiger partial charge is 0.270 e. The number of anilines is 2. The van der Waals surface area contributed by atoms with Crippen molar-refractivity contribution in [3.8, 4) is 0 Å². The maximum Gasteiger partial charge on any atom is 0.270 e. The van der Waals surface area contributed by atoms with Crippen LogP contribution in [0, 0.1) is 12.7 Å². The normalized spacial score (nSPS) is 13.8. The zero-order valence-electron chi connectivity index (χ0n) is 17.4. The van der Waals surface area contributed by atoms with Gasteiger partial charge in [0.05, 0.1) is 0 Å². The highest BCUT2D eigenvalue weighted by atomic mass is 19.3. The maximum atomic E-state index is 15.3. The molecule has 8 heteroatoms. The highest BCUT2D eigenvalue weighted by molar-refractivity contribution is 5.53. The lowest BCUT2D eigenvalue weighted by molar-refractivity contribution is 0.0174. The Bertz CT molecular complexity index is 1030. The van der Waals surface area contributed by atoms with Crippen molar-refractivity contribution in [3.63, 3.8) is 0 Å². The first kappa shape index (κ1) is 21.1. The van der Waals surface area contributed by atoms with Crippen LogP contribution >= 0.6 is 0 Å². The van der Waals surface area contributed by atoms with E-state index >= 15 is 4.39 Å². The number of nitrogens with zero attached hydrogens (tertiary/aromatic N) is 4. The molecule has 0 aliphatic heterocycles.